The van der Waals surface area contributed by atoms with Crippen molar-refractivity contribution in [3.63, 3.8) is 0 Å². The van der Waals surface area contributed by atoms with Gasteiger partial charge in [0, 0.05) is 12.5 Å². The van der Waals surface area contributed by atoms with Gasteiger partial charge in [0.25, 0.3) is 0 Å². The molecule has 2 aliphatic rings. The fourth-order valence-corrected chi connectivity index (χ4v) is 4.33. The van der Waals surface area contributed by atoms with Gasteiger partial charge in [0.15, 0.2) is 0 Å². The zero-order valence-corrected chi connectivity index (χ0v) is 15.1. The summed E-state index contributed by atoms with van der Waals surface area (Å²) in [6.45, 7) is 4.48. The van der Waals surface area contributed by atoms with Crippen LogP contribution in [0.4, 0.5) is 4.39 Å². The maximum atomic E-state index is 13.9. The van der Waals surface area contributed by atoms with Gasteiger partial charge in [-0.25, -0.2) is 4.39 Å². The average molecular weight is 354 g/mol. The standard InChI is InChI=1S/C22H27FN2O/c23-20-3-1-2-19(14-20)22(18-8-10-24-11-9-18)17-6-4-16(5-7-17)21-15-26-13-12-25-21/h1-7,14,18,21-22,24-25H,8-13,15H2. The SMILES string of the molecule is Fc1cccc(C(c2ccc(C3COCCN3)cc2)C2CCNCC2)c1. The van der Waals surface area contributed by atoms with E-state index in [2.05, 4.69) is 41.0 Å². The molecule has 2 atom stereocenters. The third-order valence-electron chi connectivity index (χ3n) is 5.68. The molecule has 0 aromatic heterocycles. The zero-order chi connectivity index (χ0) is 17.8. The molecule has 2 fully saturated rings. The maximum Gasteiger partial charge on any atom is 0.123 e. The Morgan fingerprint density at radius 1 is 0.962 bits per heavy atom. The summed E-state index contributed by atoms with van der Waals surface area (Å²) in [6.07, 6.45) is 2.25. The number of halogens is 1. The van der Waals surface area contributed by atoms with Crippen molar-refractivity contribution in [1.29, 1.82) is 0 Å². The summed E-state index contributed by atoms with van der Waals surface area (Å²) < 4.78 is 19.5. The minimum atomic E-state index is -0.151. The fourth-order valence-electron chi connectivity index (χ4n) is 4.33. The van der Waals surface area contributed by atoms with Crippen LogP contribution >= 0.6 is 0 Å². The number of nitrogens with one attached hydrogen (secondary N) is 2. The van der Waals surface area contributed by atoms with Gasteiger partial charge in [-0.1, -0.05) is 36.4 Å². The summed E-state index contributed by atoms with van der Waals surface area (Å²) >= 11 is 0. The van der Waals surface area contributed by atoms with E-state index in [9.17, 15) is 4.39 Å². The number of piperidine rings is 1. The van der Waals surface area contributed by atoms with E-state index in [1.807, 2.05) is 6.07 Å². The van der Waals surface area contributed by atoms with E-state index in [1.54, 1.807) is 6.07 Å². The number of benzene rings is 2. The Hall–Kier alpha value is -1.75. The molecule has 2 aromatic carbocycles. The Labute approximate surface area is 155 Å². The van der Waals surface area contributed by atoms with Crippen molar-refractivity contribution in [2.75, 3.05) is 32.8 Å². The van der Waals surface area contributed by atoms with Gasteiger partial charge in [0.1, 0.15) is 5.82 Å². The maximum absolute atomic E-state index is 13.9. The van der Waals surface area contributed by atoms with Crippen molar-refractivity contribution in [3.8, 4) is 0 Å². The normalized spacial score (nSPS) is 22.9. The van der Waals surface area contributed by atoms with Crippen LogP contribution in [-0.4, -0.2) is 32.8 Å². The highest BCUT2D eigenvalue weighted by Crippen LogP contribution is 2.37. The monoisotopic (exact) mass is 354 g/mol. The highest BCUT2D eigenvalue weighted by atomic mass is 19.1. The number of morpholine rings is 1. The highest BCUT2D eigenvalue weighted by molar-refractivity contribution is 5.36. The molecule has 0 spiro atoms. The van der Waals surface area contributed by atoms with E-state index in [0.29, 0.717) is 5.92 Å². The van der Waals surface area contributed by atoms with Crippen LogP contribution in [-0.2, 0) is 4.74 Å². The molecule has 26 heavy (non-hydrogen) atoms. The molecule has 0 radical (unpaired) electrons. The quantitative estimate of drug-likeness (QED) is 0.880. The predicted molar refractivity (Wildman–Crippen MR) is 102 cm³/mol. The van der Waals surface area contributed by atoms with E-state index in [0.717, 1.165) is 51.3 Å². The summed E-state index contributed by atoms with van der Waals surface area (Å²) in [6, 6.07) is 16.3. The molecule has 4 heteroatoms. The largest absolute Gasteiger partial charge is 0.378 e. The molecule has 2 aromatic rings. The third kappa shape index (κ3) is 3.98. The minimum Gasteiger partial charge on any atom is -0.378 e. The first-order valence-electron chi connectivity index (χ1n) is 9.68. The molecule has 2 heterocycles. The second kappa shape index (κ2) is 8.30. The van der Waals surface area contributed by atoms with Gasteiger partial charge in [-0.2, -0.15) is 0 Å². The summed E-state index contributed by atoms with van der Waals surface area (Å²) in [5, 5.41) is 6.94. The highest BCUT2D eigenvalue weighted by Gasteiger charge is 2.27. The molecule has 0 amide bonds. The Kier molecular flexibility index (Phi) is 5.63. The van der Waals surface area contributed by atoms with E-state index in [-0.39, 0.29) is 17.8 Å². The van der Waals surface area contributed by atoms with Gasteiger partial charge in [-0.05, 0) is 60.7 Å². The number of ether oxygens (including phenoxy) is 1. The minimum absolute atomic E-state index is 0.151. The molecule has 0 bridgehead atoms. The smallest absolute Gasteiger partial charge is 0.123 e. The first-order valence-corrected chi connectivity index (χ1v) is 9.68. The molecular formula is C22H27FN2O. The van der Waals surface area contributed by atoms with E-state index in [1.165, 1.54) is 17.2 Å². The lowest BCUT2D eigenvalue weighted by Crippen LogP contribution is -2.34. The van der Waals surface area contributed by atoms with Crippen molar-refractivity contribution >= 4 is 0 Å². The summed E-state index contributed by atoms with van der Waals surface area (Å²) in [5.41, 5.74) is 3.63. The number of hydrogen-bond donors (Lipinski definition) is 2. The number of hydrogen-bond acceptors (Lipinski definition) is 3. The van der Waals surface area contributed by atoms with E-state index >= 15 is 0 Å². The first kappa shape index (κ1) is 17.7. The van der Waals surface area contributed by atoms with Gasteiger partial charge >= 0.3 is 0 Å². The molecule has 2 N–H and O–H groups in total. The Morgan fingerprint density at radius 3 is 2.46 bits per heavy atom. The van der Waals surface area contributed by atoms with Crippen LogP contribution in [0.3, 0.4) is 0 Å². The van der Waals surface area contributed by atoms with E-state index < -0.39 is 0 Å². The average Bonchev–Trinajstić information content (AvgIpc) is 2.70. The van der Waals surface area contributed by atoms with Crippen molar-refractivity contribution in [3.05, 3.63) is 71.0 Å². The molecule has 2 aliphatic heterocycles. The molecule has 0 aliphatic carbocycles. The zero-order valence-electron chi connectivity index (χ0n) is 15.1. The summed E-state index contributed by atoms with van der Waals surface area (Å²) in [4.78, 5) is 0. The number of rotatable bonds is 4. The molecule has 3 nitrogen and oxygen atoms in total. The molecule has 138 valence electrons. The Morgan fingerprint density at radius 2 is 1.77 bits per heavy atom. The molecule has 0 saturated carbocycles. The van der Waals surface area contributed by atoms with Gasteiger partial charge in [0.05, 0.1) is 19.3 Å². The van der Waals surface area contributed by atoms with Crippen LogP contribution in [0, 0.1) is 11.7 Å². The van der Waals surface area contributed by atoms with Crippen LogP contribution in [0.5, 0.6) is 0 Å². The molecule has 2 saturated heterocycles. The topological polar surface area (TPSA) is 33.3 Å². The van der Waals surface area contributed by atoms with Gasteiger partial charge in [-0.15, -0.1) is 0 Å². The lowest BCUT2D eigenvalue weighted by atomic mass is 9.76. The van der Waals surface area contributed by atoms with Gasteiger partial charge < -0.3 is 15.4 Å². The molecular weight excluding hydrogens is 327 g/mol. The second-order valence-corrected chi connectivity index (χ2v) is 7.37. The van der Waals surface area contributed by atoms with Crippen LogP contribution in [0.1, 0.15) is 41.5 Å². The van der Waals surface area contributed by atoms with Gasteiger partial charge in [0.2, 0.25) is 0 Å². The van der Waals surface area contributed by atoms with Crippen molar-refractivity contribution in [1.82, 2.24) is 10.6 Å². The molecule has 2 unspecified atom stereocenters. The second-order valence-electron chi connectivity index (χ2n) is 7.37. The van der Waals surface area contributed by atoms with Crippen LogP contribution in [0.2, 0.25) is 0 Å². The Bertz CT molecular complexity index is 706. The van der Waals surface area contributed by atoms with E-state index in [4.69, 9.17) is 4.74 Å². The van der Waals surface area contributed by atoms with Crippen LogP contribution in [0.15, 0.2) is 48.5 Å². The third-order valence-corrected chi connectivity index (χ3v) is 5.68. The Balaban J connectivity index is 1.62. The summed E-state index contributed by atoms with van der Waals surface area (Å²) in [5.74, 6) is 0.638. The van der Waals surface area contributed by atoms with Crippen molar-refractivity contribution in [2.24, 2.45) is 5.92 Å². The first-order chi connectivity index (χ1) is 12.8. The van der Waals surface area contributed by atoms with Crippen LogP contribution in [0.25, 0.3) is 0 Å². The molecule has 4 rings (SSSR count). The lowest BCUT2D eigenvalue weighted by Gasteiger charge is -2.32. The van der Waals surface area contributed by atoms with Crippen LogP contribution < -0.4 is 10.6 Å². The fraction of sp³-hybridized carbons (Fsp3) is 0.455. The van der Waals surface area contributed by atoms with Gasteiger partial charge in [-0.3, -0.25) is 0 Å². The predicted octanol–water partition coefficient (Wildman–Crippen LogP) is 3.62. The van der Waals surface area contributed by atoms with Crippen molar-refractivity contribution in [2.45, 2.75) is 24.8 Å². The lowest BCUT2D eigenvalue weighted by molar-refractivity contribution is 0.0769. The van der Waals surface area contributed by atoms with Crippen molar-refractivity contribution < 1.29 is 9.13 Å². The summed E-state index contributed by atoms with van der Waals surface area (Å²) in [7, 11) is 0.